The fourth-order valence-corrected chi connectivity index (χ4v) is 2.02. The lowest BCUT2D eigenvalue weighted by Crippen LogP contribution is -2.39. The largest absolute Gasteiger partial charge is 0.351 e. The third-order valence-electron chi connectivity index (χ3n) is 3.23. The lowest BCUT2D eigenvalue weighted by Gasteiger charge is -2.31. The molecule has 2 N–H and O–H groups in total. The van der Waals surface area contributed by atoms with Gasteiger partial charge in [0.05, 0.1) is 17.6 Å². The Labute approximate surface area is 104 Å². The van der Waals surface area contributed by atoms with Crippen molar-refractivity contribution in [3.63, 3.8) is 0 Å². The summed E-state index contributed by atoms with van der Waals surface area (Å²) in [7, 11) is 0. The first-order valence-electron chi connectivity index (χ1n) is 6.40. The number of nitrogens with zero attached hydrogens (tertiary/aromatic N) is 3. The highest BCUT2D eigenvalue weighted by molar-refractivity contribution is 5.39. The van der Waals surface area contributed by atoms with Crippen molar-refractivity contribution in [3.05, 3.63) is 17.6 Å². The molecule has 0 unspecified atom stereocenters. The van der Waals surface area contributed by atoms with Crippen LogP contribution in [0.1, 0.15) is 38.1 Å². The molecule has 1 rings (SSSR count). The summed E-state index contributed by atoms with van der Waals surface area (Å²) < 4.78 is 0. The zero-order valence-electron chi connectivity index (χ0n) is 11.4. The van der Waals surface area contributed by atoms with Crippen LogP contribution in [0.4, 0.5) is 5.82 Å². The van der Waals surface area contributed by atoms with Gasteiger partial charge in [0.1, 0.15) is 5.82 Å². The van der Waals surface area contributed by atoms with Crippen LogP contribution in [0, 0.1) is 13.8 Å². The molecule has 0 atom stereocenters. The summed E-state index contributed by atoms with van der Waals surface area (Å²) in [4.78, 5) is 11.3. The maximum Gasteiger partial charge on any atom is 0.147 e. The molecule has 1 aromatic rings. The molecule has 17 heavy (non-hydrogen) atoms. The van der Waals surface area contributed by atoms with Crippen molar-refractivity contribution in [1.82, 2.24) is 9.97 Å². The molecule has 0 radical (unpaired) electrons. The zero-order valence-corrected chi connectivity index (χ0v) is 11.4. The standard InChI is InChI=1S/C13H24N4/c1-5-12(6-2)17(8-7-14)13-9-15-10(3)11(4)16-13/h9,12H,5-8,14H2,1-4H3. The van der Waals surface area contributed by atoms with E-state index in [-0.39, 0.29) is 0 Å². The van der Waals surface area contributed by atoms with Gasteiger partial charge in [-0.3, -0.25) is 4.98 Å². The molecule has 96 valence electrons. The number of aromatic nitrogens is 2. The van der Waals surface area contributed by atoms with E-state index in [1.54, 1.807) is 0 Å². The fraction of sp³-hybridized carbons (Fsp3) is 0.692. The summed E-state index contributed by atoms with van der Waals surface area (Å²) >= 11 is 0. The van der Waals surface area contributed by atoms with Crippen LogP contribution in [0.15, 0.2) is 6.20 Å². The number of rotatable bonds is 6. The SMILES string of the molecule is CCC(CC)N(CCN)c1cnc(C)c(C)n1. The van der Waals surface area contributed by atoms with E-state index in [1.807, 2.05) is 20.0 Å². The van der Waals surface area contributed by atoms with E-state index in [2.05, 4.69) is 28.7 Å². The molecule has 0 fully saturated rings. The molecule has 0 saturated carbocycles. The maximum atomic E-state index is 5.69. The van der Waals surface area contributed by atoms with Crippen LogP contribution < -0.4 is 10.6 Å². The Morgan fingerprint density at radius 1 is 1.24 bits per heavy atom. The van der Waals surface area contributed by atoms with Gasteiger partial charge in [-0.2, -0.15) is 0 Å². The molecule has 0 spiro atoms. The number of nitrogens with two attached hydrogens (primary N) is 1. The summed E-state index contributed by atoms with van der Waals surface area (Å²) in [5.41, 5.74) is 7.68. The van der Waals surface area contributed by atoms with E-state index in [0.29, 0.717) is 12.6 Å². The number of hydrogen-bond acceptors (Lipinski definition) is 4. The summed E-state index contributed by atoms with van der Waals surface area (Å²) in [5.74, 6) is 0.951. The van der Waals surface area contributed by atoms with Gasteiger partial charge >= 0.3 is 0 Å². The monoisotopic (exact) mass is 236 g/mol. The van der Waals surface area contributed by atoms with Gasteiger partial charge in [0.15, 0.2) is 0 Å². The molecule has 0 aliphatic rings. The first-order valence-corrected chi connectivity index (χ1v) is 6.40. The molecule has 4 nitrogen and oxygen atoms in total. The van der Waals surface area contributed by atoms with Gasteiger partial charge in [-0.25, -0.2) is 4.98 Å². The Morgan fingerprint density at radius 2 is 1.88 bits per heavy atom. The van der Waals surface area contributed by atoms with Crippen LogP contribution >= 0.6 is 0 Å². The van der Waals surface area contributed by atoms with E-state index in [4.69, 9.17) is 5.73 Å². The fourth-order valence-electron chi connectivity index (χ4n) is 2.02. The predicted molar refractivity (Wildman–Crippen MR) is 72.3 cm³/mol. The highest BCUT2D eigenvalue weighted by Gasteiger charge is 2.16. The van der Waals surface area contributed by atoms with Crippen molar-refractivity contribution in [1.29, 1.82) is 0 Å². The topological polar surface area (TPSA) is 55.0 Å². The van der Waals surface area contributed by atoms with Gasteiger partial charge in [-0.05, 0) is 26.7 Å². The van der Waals surface area contributed by atoms with Crippen LogP contribution in [0.5, 0.6) is 0 Å². The Hall–Kier alpha value is -1.16. The Kier molecular flexibility index (Phi) is 5.35. The molecule has 0 bridgehead atoms. The lowest BCUT2D eigenvalue weighted by molar-refractivity contribution is 0.552. The summed E-state index contributed by atoms with van der Waals surface area (Å²) in [6.07, 6.45) is 4.06. The Bertz CT molecular complexity index is 347. The van der Waals surface area contributed by atoms with Crippen molar-refractivity contribution < 1.29 is 0 Å². The minimum atomic E-state index is 0.495. The average molecular weight is 236 g/mol. The first-order chi connectivity index (χ1) is 8.13. The normalized spacial score (nSPS) is 10.9. The van der Waals surface area contributed by atoms with Crippen LogP contribution in [-0.4, -0.2) is 29.1 Å². The van der Waals surface area contributed by atoms with Crippen molar-refractivity contribution in [2.75, 3.05) is 18.0 Å². The van der Waals surface area contributed by atoms with E-state index < -0.39 is 0 Å². The first kappa shape index (κ1) is 13.9. The molecule has 1 heterocycles. The Balaban J connectivity index is 2.99. The van der Waals surface area contributed by atoms with Crippen LogP contribution in [0.3, 0.4) is 0 Å². The van der Waals surface area contributed by atoms with Crippen molar-refractivity contribution in [2.24, 2.45) is 5.73 Å². The number of anilines is 1. The summed E-state index contributed by atoms with van der Waals surface area (Å²) in [5, 5.41) is 0. The minimum Gasteiger partial charge on any atom is -0.351 e. The van der Waals surface area contributed by atoms with Gasteiger partial charge in [-0.1, -0.05) is 13.8 Å². The van der Waals surface area contributed by atoms with Crippen LogP contribution in [0.25, 0.3) is 0 Å². The third-order valence-corrected chi connectivity index (χ3v) is 3.23. The second-order valence-electron chi connectivity index (χ2n) is 4.35. The van der Waals surface area contributed by atoms with E-state index in [1.165, 1.54) is 0 Å². The predicted octanol–water partition coefficient (Wildman–Crippen LogP) is 2.05. The number of hydrogen-bond donors (Lipinski definition) is 1. The van der Waals surface area contributed by atoms with Gasteiger partial charge in [0.25, 0.3) is 0 Å². The van der Waals surface area contributed by atoms with Crippen LogP contribution in [-0.2, 0) is 0 Å². The highest BCUT2D eigenvalue weighted by atomic mass is 15.2. The molecule has 0 saturated heterocycles. The van der Waals surface area contributed by atoms with Gasteiger partial charge in [-0.15, -0.1) is 0 Å². The third kappa shape index (κ3) is 3.40. The second-order valence-corrected chi connectivity index (χ2v) is 4.35. The molecule has 0 aliphatic carbocycles. The smallest absolute Gasteiger partial charge is 0.147 e. The van der Waals surface area contributed by atoms with Gasteiger partial charge in [0, 0.05) is 19.1 Å². The molecular weight excluding hydrogens is 212 g/mol. The molecular formula is C13H24N4. The molecule has 0 aromatic carbocycles. The average Bonchev–Trinajstić information content (AvgIpc) is 2.33. The minimum absolute atomic E-state index is 0.495. The van der Waals surface area contributed by atoms with Gasteiger partial charge in [0.2, 0.25) is 0 Å². The summed E-state index contributed by atoms with van der Waals surface area (Å²) in [6, 6.07) is 0.495. The van der Waals surface area contributed by atoms with E-state index >= 15 is 0 Å². The summed E-state index contributed by atoms with van der Waals surface area (Å²) in [6.45, 7) is 9.86. The van der Waals surface area contributed by atoms with Crippen molar-refractivity contribution >= 4 is 5.82 Å². The molecule has 0 amide bonds. The molecule has 0 aliphatic heterocycles. The van der Waals surface area contributed by atoms with Crippen molar-refractivity contribution in [3.8, 4) is 0 Å². The zero-order chi connectivity index (χ0) is 12.8. The highest BCUT2D eigenvalue weighted by Crippen LogP contribution is 2.18. The van der Waals surface area contributed by atoms with E-state index in [9.17, 15) is 0 Å². The lowest BCUT2D eigenvalue weighted by atomic mass is 10.1. The van der Waals surface area contributed by atoms with Crippen LogP contribution in [0.2, 0.25) is 0 Å². The van der Waals surface area contributed by atoms with Crippen molar-refractivity contribution in [2.45, 2.75) is 46.6 Å². The Morgan fingerprint density at radius 3 is 2.35 bits per heavy atom. The quantitative estimate of drug-likeness (QED) is 0.821. The molecule has 4 heteroatoms. The number of aryl methyl sites for hydroxylation is 2. The molecule has 1 aromatic heterocycles. The van der Waals surface area contributed by atoms with Gasteiger partial charge < -0.3 is 10.6 Å². The maximum absolute atomic E-state index is 5.69. The van der Waals surface area contributed by atoms with E-state index in [0.717, 1.165) is 36.6 Å². The second kappa shape index (κ2) is 6.55.